The Morgan fingerprint density at radius 3 is 1.83 bits per heavy atom. The van der Waals surface area contributed by atoms with Gasteiger partial charge in [-0.05, 0) is 50.3 Å². The third kappa shape index (κ3) is 13.6. The van der Waals surface area contributed by atoms with Gasteiger partial charge < -0.3 is 59.9 Å². The van der Waals surface area contributed by atoms with E-state index in [1.807, 2.05) is 0 Å². The van der Waals surface area contributed by atoms with Crippen molar-refractivity contribution in [1.29, 1.82) is 0 Å². The lowest BCUT2D eigenvalue weighted by Gasteiger charge is -2.26. The molecule has 0 fully saturated rings. The first kappa shape index (κ1) is 35.4. The van der Waals surface area contributed by atoms with Gasteiger partial charge in [-0.2, -0.15) is 0 Å². The number of amides is 3. The minimum absolute atomic E-state index is 0.0105. The van der Waals surface area contributed by atoms with Crippen molar-refractivity contribution in [2.75, 3.05) is 13.1 Å². The van der Waals surface area contributed by atoms with Gasteiger partial charge in [-0.25, -0.2) is 4.79 Å². The number of aliphatic hydroxyl groups excluding tert-OH is 1. The molecule has 42 heavy (non-hydrogen) atoms. The van der Waals surface area contributed by atoms with Gasteiger partial charge in [-0.1, -0.05) is 12.1 Å². The number of carbonyl (C=O) groups is 4. The molecule has 234 valence electrons. The van der Waals surface area contributed by atoms with Crippen molar-refractivity contribution in [1.82, 2.24) is 16.0 Å². The number of carboxylic acids is 1. The maximum absolute atomic E-state index is 13.3. The second kappa shape index (κ2) is 17.9. The molecule has 5 atom stereocenters. The van der Waals surface area contributed by atoms with Crippen molar-refractivity contribution in [3.8, 4) is 5.75 Å². The van der Waals surface area contributed by atoms with E-state index in [4.69, 9.17) is 28.7 Å². The minimum Gasteiger partial charge on any atom is -0.508 e. The summed E-state index contributed by atoms with van der Waals surface area (Å²) in [5.74, 6) is -4.08. The number of hydrogen-bond acceptors (Lipinski definition) is 9. The number of carbonyl (C=O) groups excluding carboxylic acids is 3. The molecule has 1 aromatic rings. The van der Waals surface area contributed by atoms with Crippen LogP contribution in [0, 0.1) is 0 Å². The normalized spacial score (nSPS) is 14.3. The molecule has 0 aliphatic carbocycles. The summed E-state index contributed by atoms with van der Waals surface area (Å²) in [6.45, 7) is 1.62. The number of rotatable bonds is 18. The molecule has 0 aliphatic heterocycles. The van der Waals surface area contributed by atoms with E-state index in [1.165, 1.54) is 31.2 Å². The Hall–Kier alpha value is -4.64. The predicted molar refractivity (Wildman–Crippen MR) is 155 cm³/mol. The number of aliphatic hydroxyl groups is 1. The van der Waals surface area contributed by atoms with Gasteiger partial charge in [0.1, 0.15) is 23.9 Å². The molecule has 17 heteroatoms. The Balaban J connectivity index is 3.03. The molecular weight excluding hydrogens is 552 g/mol. The molecule has 0 aliphatic rings. The largest absolute Gasteiger partial charge is 0.508 e. The lowest BCUT2D eigenvalue weighted by molar-refractivity contribution is -0.143. The zero-order valence-electron chi connectivity index (χ0n) is 23.4. The monoisotopic (exact) mass is 594 g/mol. The summed E-state index contributed by atoms with van der Waals surface area (Å²) in [7, 11) is 0. The third-order valence-electron chi connectivity index (χ3n) is 5.94. The fourth-order valence-electron chi connectivity index (χ4n) is 3.69. The second-order valence-electron chi connectivity index (χ2n) is 9.56. The first-order valence-corrected chi connectivity index (χ1v) is 13.2. The summed E-state index contributed by atoms with van der Waals surface area (Å²) < 4.78 is 0. The number of nitrogens with one attached hydrogen (secondary N) is 3. The quantitative estimate of drug-likeness (QED) is 0.0444. The molecule has 1 rings (SSSR count). The van der Waals surface area contributed by atoms with Crippen LogP contribution >= 0.6 is 0 Å². The number of aliphatic carboxylic acids is 1. The van der Waals surface area contributed by atoms with Crippen molar-refractivity contribution in [2.45, 2.75) is 69.3 Å². The smallest absolute Gasteiger partial charge is 0.326 e. The Morgan fingerprint density at radius 2 is 1.33 bits per heavy atom. The SMILES string of the molecule is CC(O)C(NC(=O)C(Cc1ccc(O)cc1)NC(=O)C(N)CCCN=C(N)N)C(=O)NC(CCCN=C(N)N)C(=O)O. The van der Waals surface area contributed by atoms with Crippen LogP contribution in [-0.2, 0) is 25.6 Å². The van der Waals surface area contributed by atoms with Crippen LogP contribution in [0.2, 0.25) is 0 Å². The summed E-state index contributed by atoms with van der Waals surface area (Å²) >= 11 is 0. The molecule has 0 saturated carbocycles. The Morgan fingerprint density at radius 1 is 0.810 bits per heavy atom. The molecule has 0 heterocycles. The average Bonchev–Trinajstić information content (AvgIpc) is 2.91. The number of guanidine groups is 2. The van der Waals surface area contributed by atoms with Gasteiger partial charge in [0.2, 0.25) is 17.7 Å². The molecule has 0 spiro atoms. The van der Waals surface area contributed by atoms with Crippen LogP contribution in [0.25, 0.3) is 0 Å². The van der Waals surface area contributed by atoms with Gasteiger partial charge in [0.25, 0.3) is 0 Å². The van der Waals surface area contributed by atoms with Gasteiger partial charge in [-0.15, -0.1) is 0 Å². The van der Waals surface area contributed by atoms with E-state index >= 15 is 0 Å². The van der Waals surface area contributed by atoms with Gasteiger partial charge in [0, 0.05) is 19.5 Å². The van der Waals surface area contributed by atoms with Crippen molar-refractivity contribution < 1.29 is 34.5 Å². The van der Waals surface area contributed by atoms with Gasteiger partial charge in [0.15, 0.2) is 11.9 Å². The number of nitrogens with zero attached hydrogens (tertiary/aromatic N) is 2. The molecule has 17 nitrogen and oxygen atoms in total. The van der Waals surface area contributed by atoms with E-state index < -0.39 is 54.0 Å². The fraction of sp³-hybridized carbons (Fsp3) is 0.520. The number of phenolic OH excluding ortho intramolecular Hbond substituents is 1. The maximum Gasteiger partial charge on any atom is 0.326 e. The first-order chi connectivity index (χ1) is 19.7. The van der Waals surface area contributed by atoms with Crippen molar-refractivity contribution in [3.63, 3.8) is 0 Å². The number of carboxylic acid groups (broad SMARTS) is 1. The number of benzene rings is 1. The Bertz CT molecular complexity index is 1100. The average molecular weight is 595 g/mol. The van der Waals surface area contributed by atoms with Gasteiger partial charge >= 0.3 is 5.97 Å². The maximum atomic E-state index is 13.3. The Kier molecular flexibility index (Phi) is 15.1. The van der Waals surface area contributed by atoms with E-state index in [2.05, 4.69) is 25.9 Å². The molecule has 3 amide bonds. The molecule has 5 unspecified atom stereocenters. The zero-order chi connectivity index (χ0) is 31.8. The third-order valence-corrected chi connectivity index (χ3v) is 5.94. The molecule has 0 radical (unpaired) electrons. The predicted octanol–water partition coefficient (Wildman–Crippen LogP) is -3.71. The minimum atomic E-state index is -1.57. The first-order valence-electron chi connectivity index (χ1n) is 13.2. The van der Waals surface area contributed by atoms with E-state index in [0.717, 1.165) is 0 Å². The molecule has 0 bridgehead atoms. The summed E-state index contributed by atoms with van der Waals surface area (Å²) in [5.41, 5.74) is 27.6. The summed E-state index contributed by atoms with van der Waals surface area (Å²) in [6.07, 6.45) is -0.702. The van der Waals surface area contributed by atoms with Crippen LogP contribution in [0.5, 0.6) is 5.75 Å². The molecular formula is C25H42N10O7. The highest BCUT2D eigenvalue weighted by Crippen LogP contribution is 2.12. The van der Waals surface area contributed by atoms with Crippen LogP contribution in [0.15, 0.2) is 34.3 Å². The van der Waals surface area contributed by atoms with Gasteiger partial charge in [-0.3, -0.25) is 24.4 Å². The number of phenols is 1. The standard InChI is InChI=1S/C25H42N10O7/c1-13(36)19(22(40)33-17(23(41)42)5-3-11-32-25(29)30)35-21(39)18(12-14-6-8-15(37)9-7-14)34-20(38)16(26)4-2-10-31-24(27)28/h6-9,13,16-19,36-37H,2-5,10-12,26H2,1H3,(H,33,40)(H,34,38)(H,35,39)(H,41,42)(H4,27,28,31)(H4,29,30,32). The molecule has 1 aromatic carbocycles. The lowest BCUT2D eigenvalue weighted by Crippen LogP contribution is -2.60. The van der Waals surface area contributed by atoms with Crippen LogP contribution in [-0.4, -0.2) is 94.3 Å². The second-order valence-corrected chi connectivity index (χ2v) is 9.56. The van der Waals surface area contributed by atoms with Crippen molar-refractivity contribution in [2.24, 2.45) is 38.7 Å². The van der Waals surface area contributed by atoms with E-state index in [9.17, 15) is 34.5 Å². The van der Waals surface area contributed by atoms with Crippen LogP contribution in [0.1, 0.15) is 38.2 Å². The van der Waals surface area contributed by atoms with Gasteiger partial charge in [0.05, 0.1) is 12.1 Å². The molecule has 0 aromatic heterocycles. The van der Waals surface area contributed by atoms with Crippen LogP contribution in [0.4, 0.5) is 0 Å². The summed E-state index contributed by atoms with van der Waals surface area (Å²) in [4.78, 5) is 58.3. The van der Waals surface area contributed by atoms with Crippen molar-refractivity contribution >= 4 is 35.6 Å². The highest BCUT2D eigenvalue weighted by atomic mass is 16.4. The number of hydrogen-bond donors (Lipinski definition) is 11. The van der Waals surface area contributed by atoms with E-state index in [1.54, 1.807) is 0 Å². The van der Waals surface area contributed by atoms with Crippen molar-refractivity contribution in [3.05, 3.63) is 29.8 Å². The number of aromatic hydroxyl groups is 1. The zero-order valence-corrected chi connectivity index (χ0v) is 23.4. The number of aliphatic imine (C=N–C) groups is 2. The summed E-state index contributed by atoms with van der Waals surface area (Å²) in [5, 5.41) is 36.6. The van der Waals surface area contributed by atoms with Crippen LogP contribution in [0.3, 0.4) is 0 Å². The molecule has 16 N–H and O–H groups in total. The number of nitrogens with two attached hydrogens (primary N) is 5. The van der Waals surface area contributed by atoms with Crippen LogP contribution < -0.4 is 44.6 Å². The van der Waals surface area contributed by atoms with E-state index in [-0.39, 0.29) is 56.4 Å². The fourth-order valence-corrected chi connectivity index (χ4v) is 3.69. The topological polar surface area (TPSA) is 320 Å². The lowest BCUT2D eigenvalue weighted by atomic mass is 10.0. The highest BCUT2D eigenvalue weighted by molar-refractivity contribution is 5.94. The molecule has 0 saturated heterocycles. The van der Waals surface area contributed by atoms with E-state index in [0.29, 0.717) is 12.0 Å². The summed E-state index contributed by atoms with van der Waals surface area (Å²) in [6, 6.07) is 0.680. The Labute approximate surface area is 243 Å². The highest BCUT2D eigenvalue weighted by Gasteiger charge is 2.32.